The Balaban J connectivity index is 1.60. The van der Waals surface area contributed by atoms with E-state index in [1.165, 1.54) is 15.3 Å². The normalized spacial score (nSPS) is 14.4. The molecule has 0 unspecified atom stereocenters. The molecule has 3 aromatic rings. The molecule has 24 heavy (non-hydrogen) atoms. The number of aromatic nitrogens is 3. The third-order valence-corrected chi connectivity index (χ3v) is 5.27. The highest BCUT2D eigenvalue weighted by molar-refractivity contribution is 7.18. The van der Waals surface area contributed by atoms with Crippen LogP contribution in [0.1, 0.15) is 23.5 Å². The van der Waals surface area contributed by atoms with E-state index in [1.54, 1.807) is 11.3 Å². The van der Waals surface area contributed by atoms with Crippen molar-refractivity contribution in [2.24, 2.45) is 7.05 Å². The Morgan fingerprint density at radius 3 is 2.75 bits per heavy atom. The number of aryl methyl sites for hydroxylation is 1. The van der Waals surface area contributed by atoms with E-state index in [-0.39, 0.29) is 0 Å². The molecular formula is C18H25N5S. The van der Waals surface area contributed by atoms with Gasteiger partial charge in [0.15, 0.2) is 0 Å². The molecule has 2 aromatic heterocycles. The van der Waals surface area contributed by atoms with E-state index in [9.17, 15) is 0 Å². The zero-order chi connectivity index (χ0) is 17.1. The Labute approximate surface area is 147 Å². The van der Waals surface area contributed by atoms with Crippen molar-refractivity contribution in [1.82, 2.24) is 25.0 Å². The molecule has 0 aliphatic heterocycles. The summed E-state index contributed by atoms with van der Waals surface area (Å²) in [6.45, 7) is 3.12. The van der Waals surface area contributed by atoms with Crippen LogP contribution in [-0.4, -0.2) is 46.3 Å². The number of hydrogen-bond acceptors (Lipinski definition) is 5. The summed E-state index contributed by atoms with van der Waals surface area (Å²) in [4.78, 5) is 6.96. The number of nitrogens with one attached hydrogen (secondary N) is 1. The maximum absolute atomic E-state index is 4.73. The second kappa shape index (κ2) is 7.42. The largest absolute Gasteiger partial charge is 0.312 e. The van der Waals surface area contributed by atoms with Crippen LogP contribution in [0.5, 0.6) is 0 Å². The third kappa shape index (κ3) is 4.01. The smallest absolute Gasteiger partial charge is 0.0954 e. The molecule has 6 heteroatoms. The lowest BCUT2D eigenvalue weighted by atomic mass is 10.1. The van der Waals surface area contributed by atoms with Gasteiger partial charge in [-0.1, -0.05) is 12.1 Å². The Morgan fingerprint density at radius 1 is 1.29 bits per heavy atom. The lowest BCUT2D eigenvalue weighted by molar-refractivity contribution is 0.281. The van der Waals surface area contributed by atoms with Gasteiger partial charge in [0.05, 0.1) is 21.4 Å². The molecule has 0 aliphatic carbocycles. The van der Waals surface area contributed by atoms with Gasteiger partial charge in [-0.05, 0) is 33.2 Å². The lowest BCUT2D eigenvalue weighted by Crippen LogP contribution is -2.36. The molecule has 2 heterocycles. The van der Waals surface area contributed by atoms with Crippen LogP contribution in [0.2, 0.25) is 0 Å². The molecule has 1 N–H and O–H groups in total. The van der Waals surface area contributed by atoms with Crippen molar-refractivity contribution in [1.29, 1.82) is 0 Å². The van der Waals surface area contributed by atoms with E-state index < -0.39 is 0 Å². The number of rotatable bonds is 7. The minimum Gasteiger partial charge on any atom is -0.312 e. The quantitative estimate of drug-likeness (QED) is 0.716. The molecule has 2 atom stereocenters. The van der Waals surface area contributed by atoms with Crippen LogP contribution in [0.25, 0.3) is 10.2 Å². The van der Waals surface area contributed by atoms with Crippen LogP contribution in [0.4, 0.5) is 0 Å². The maximum atomic E-state index is 4.73. The van der Waals surface area contributed by atoms with Gasteiger partial charge in [-0.25, -0.2) is 4.98 Å². The molecule has 0 spiro atoms. The summed E-state index contributed by atoms with van der Waals surface area (Å²) in [5, 5.41) is 9.14. The topological polar surface area (TPSA) is 46.0 Å². The van der Waals surface area contributed by atoms with Crippen LogP contribution in [0.15, 0.2) is 36.7 Å². The summed E-state index contributed by atoms with van der Waals surface area (Å²) in [5.41, 5.74) is 2.34. The van der Waals surface area contributed by atoms with Gasteiger partial charge in [0.2, 0.25) is 0 Å². The zero-order valence-electron chi connectivity index (χ0n) is 14.7. The van der Waals surface area contributed by atoms with E-state index in [1.807, 2.05) is 24.0 Å². The van der Waals surface area contributed by atoms with E-state index in [2.05, 4.69) is 60.7 Å². The first-order valence-electron chi connectivity index (χ1n) is 8.25. The predicted molar refractivity (Wildman–Crippen MR) is 100 cm³/mol. The first kappa shape index (κ1) is 17.1. The van der Waals surface area contributed by atoms with Crippen molar-refractivity contribution in [2.45, 2.75) is 25.4 Å². The van der Waals surface area contributed by atoms with Gasteiger partial charge < -0.3 is 10.2 Å². The Kier molecular flexibility index (Phi) is 5.28. The first-order chi connectivity index (χ1) is 11.5. The Morgan fingerprint density at radius 2 is 2.08 bits per heavy atom. The molecule has 0 amide bonds. The number of thiazole rings is 1. The molecule has 0 bridgehead atoms. The van der Waals surface area contributed by atoms with Crippen LogP contribution >= 0.6 is 11.3 Å². The molecule has 5 nitrogen and oxygen atoms in total. The SMILES string of the molecule is C[C@H](Cc1nc2ccccc2s1)NC[C@@H](c1cnn(C)c1)N(C)C. The maximum Gasteiger partial charge on any atom is 0.0954 e. The Bertz CT molecular complexity index is 758. The standard InChI is InChI=1S/C18H25N5S/c1-13(9-18-21-15-7-5-6-8-17(15)24-18)19-11-16(22(2)3)14-10-20-23(4)12-14/h5-8,10,12-13,16,19H,9,11H2,1-4H3/t13-,16+/m1/s1. The number of para-hydroxylation sites is 1. The second-order valence-corrected chi connectivity index (χ2v) is 7.63. The summed E-state index contributed by atoms with van der Waals surface area (Å²) in [6, 6.07) is 9.03. The van der Waals surface area contributed by atoms with Crippen molar-refractivity contribution in [3.8, 4) is 0 Å². The van der Waals surface area contributed by atoms with Gasteiger partial charge in [0.1, 0.15) is 0 Å². The van der Waals surface area contributed by atoms with E-state index in [0.717, 1.165) is 18.5 Å². The molecule has 0 saturated carbocycles. The number of likely N-dealkylation sites (N-methyl/N-ethyl adjacent to an activating group) is 1. The monoisotopic (exact) mass is 343 g/mol. The fourth-order valence-corrected chi connectivity index (χ4v) is 3.96. The van der Waals surface area contributed by atoms with Gasteiger partial charge in [-0.2, -0.15) is 5.10 Å². The minimum absolute atomic E-state index is 0.316. The molecule has 128 valence electrons. The highest BCUT2D eigenvalue weighted by atomic mass is 32.1. The number of hydrogen-bond donors (Lipinski definition) is 1. The molecule has 0 fully saturated rings. The third-order valence-electron chi connectivity index (χ3n) is 4.21. The molecular weight excluding hydrogens is 318 g/mol. The summed E-state index contributed by atoms with van der Waals surface area (Å²) in [6.07, 6.45) is 4.99. The lowest BCUT2D eigenvalue weighted by Gasteiger charge is -2.25. The average molecular weight is 344 g/mol. The van der Waals surface area contributed by atoms with E-state index in [0.29, 0.717) is 12.1 Å². The summed E-state index contributed by atoms with van der Waals surface area (Å²) < 4.78 is 3.12. The molecule has 1 aromatic carbocycles. The summed E-state index contributed by atoms with van der Waals surface area (Å²) >= 11 is 1.79. The molecule has 0 aliphatic rings. The highest BCUT2D eigenvalue weighted by Crippen LogP contribution is 2.23. The van der Waals surface area contributed by atoms with E-state index in [4.69, 9.17) is 4.98 Å². The van der Waals surface area contributed by atoms with Crippen molar-refractivity contribution in [3.05, 3.63) is 47.2 Å². The van der Waals surface area contributed by atoms with E-state index >= 15 is 0 Å². The fraction of sp³-hybridized carbons (Fsp3) is 0.444. The van der Waals surface area contributed by atoms with Gasteiger partial charge in [-0.3, -0.25) is 4.68 Å². The molecule has 3 rings (SSSR count). The van der Waals surface area contributed by atoms with Crippen molar-refractivity contribution in [3.63, 3.8) is 0 Å². The number of nitrogens with zero attached hydrogens (tertiary/aromatic N) is 4. The van der Waals surface area contributed by atoms with Crippen LogP contribution in [0, 0.1) is 0 Å². The molecule has 0 radical (unpaired) electrons. The van der Waals surface area contributed by atoms with Crippen molar-refractivity contribution >= 4 is 21.6 Å². The van der Waals surface area contributed by atoms with Gasteiger partial charge in [0.25, 0.3) is 0 Å². The second-order valence-electron chi connectivity index (χ2n) is 6.52. The first-order valence-corrected chi connectivity index (χ1v) is 9.07. The fourth-order valence-electron chi connectivity index (χ4n) is 2.86. The van der Waals surface area contributed by atoms with Crippen LogP contribution in [0.3, 0.4) is 0 Å². The summed E-state index contributed by atoms with van der Waals surface area (Å²) in [5.74, 6) is 0. The van der Waals surface area contributed by atoms with Crippen LogP contribution < -0.4 is 5.32 Å². The molecule has 0 saturated heterocycles. The van der Waals surface area contributed by atoms with Gasteiger partial charge in [-0.15, -0.1) is 11.3 Å². The number of benzene rings is 1. The number of fused-ring (bicyclic) bond motifs is 1. The van der Waals surface area contributed by atoms with Gasteiger partial charge in [0, 0.05) is 43.9 Å². The highest BCUT2D eigenvalue weighted by Gasteiger charge is 2.17. The minimum atomic E-state index is 0.316. The van der Waals surface area contributed by atoms with Crippen molar-refractivity contribution in [2.75, 3.05) is 20.6 Å². The zero-order valence-corrected chi connectivity index (χ0v) is 15.5. The van der Waals surface area contributed by atoms with Crippen LogP contribution in [-0.2, 0) is 13.5 Å². The van der Waals surface area contributed by atoms with Crippen molar-refractivity contribution < 1.29 is 0 Å². The predicted octanol–water partition coefficient (Wildman–Crippen LogP) is 2.85. The van der Waals surface area contributed by atoms with Gasteiger partial charge >= 0.3 is 0 Å². The Hall–Kier alpha value is -1.76. The summed E-state index contributed by atoms with van der Waals surface area (Å²) in [7, 11) is 6.18. The average Bonchev–Trinajstić information content (AvgIpc) is 3.12.